The van der Waals surface area contributed by atoms with Crippen LogP contribution in [0.25, 0.3) is 22.0 Å². The number of H-pyrrole nitrogens is 2. The van der Waals surface area contributed by atoms with Crippen LogP contribution in [0.5, 0.6) is 0 Å². The zero-order valence-corrected chi connectivity index (χ0v) is 7.62. The third-order valence-electron chi connectivity index (χ3n) is 2.48. The average molecular weight is 182 g/mol. The molecule has 0 aliphatic rings. The van der Waals surface area contributed by atoms with Crippen LogP contribution in [0, 0.1) is 0 Å². The highest BCUT2D eigenvalue weighted by molar-refractivity contribution is 5.84. The highest BCUT2D eigenvalue weighted by atomic mass is 14.7. The van der Waals surface area contributed by atoms with Crippen molar-refractivity contribution < 1.29 is 0 Å². The van der Waals surface area contributed by atoms with Gasteiger partial charge in [0.05, 0.1) is 0 Å². The van der Waals surface area contributed by atoms with E-state index in [4.69, 9.17) is 0 Å². The molecule has 2 aromatic heterocycles. The Morgan fingerprint density at radius 2 is 1.86 bits per heavy atom. The molecule has 0 radical (unpaired) electrons. The second-order valence-corrected chi connectivity index (χ2v) is 3.38. The molecule has 3 rings (SSSR count). The molecular formula is C12H10N2. The fourth-order valence-electron chi connectivity index (χ4n) is 1.74. The van der Waals surface area contributed by atoms with E-state index in [-0.39, 0.29) is 0 Å². The van der Waals surface area contributed by atoms with Gasteiger partial charge in [-0.05, 0) is 40.8 Å². The number of nitrogens with one attached hydrogen (secondary N) is 2. The summed E-state index contributed by atoms with van der Waals surface area (Å²) in [6.07, 6.45) is 5.91. The first-order valence-electron chi connectivity index (χ1n) is 4.64. The first-order chi connectivity index (χ1) is 6.93. The maximum Gasteiger partial charge on any atom is 0.0454 e. The summed E-state index contributed by atoms with van der Waals surface area (Å²) < 4.78 is 0. The van der Waals surface area contributed by atoms with E-state index in [1.165, 1.54) is 22.0 Å². The van der Waals surface area contributed by atoms with Gasteiger partial charge in [0.25, 0.3) is 0 Å². The van der Waals surface area contributed by atoms with Crippen LogP contribution in [0.15, 0.2) is 48.9 Å². The number of fused-ring (bicyclic) bond motifs is 1. The Hall–Kier alpha value is -1.96. The van der Waals surface area contributed by atoms with E-state index in [1.807, 2.05) is 18.6 Å². The Labute approximate surface area is 81.6 Å². The summed E-state index contributed by atoms with van der Waals surface area (Å²) in [5.74, 6) is 0. The minimum absolute atomic E-state index is 1.18. The van der Waals surface area contributed by atoms with Gasteiger partial charge in [0, 0.05) is 24.1 Å². The molecule has 0 fully saturated rings. The average Bonchev–Trinajstić information content (AvgIpc) is 2.88. The van der Waals surface area contributed by atoms with Crippen LogP contribution in [0.3, 0.4) is 0 Å². The van der Waals surface area contributed by atoms with Crippen LogP contribution in [0.1, 0.15) is 0 Å². The number of benzene rings is 1. The maximum atomic E-state index is 3.18. The molecule has 2 N–H and O–H groups in total. The molecule has 0 unspecified atom stereocenters. The summed E-state index contributed by atoms with van der Waals surface area (Å²) in [5, 5.41) is 1.25. The van der Waals surface area contributed by atoms with Gasteiger partial charge in [0.1, 0.15) is 0 Å². The second kappa shape index (κ2) is 2.77. The molecule has 0 aliphatic carbocycles. The van der Waals surface area contributed by atoms with Gasteiger partial charge >= 0.3 is 0 Å². The zero-order chi connectivity index (χ0) is 9.38. The molecule has 3 aromatic rings. The van der Waals surface area contributed by atoms with Crippen molar-refractivity contribution in [2.45, 2.75) is 0 Å². The minimum atomic E-state index is 1.18. The van der Waals surface area contributed by atoms with Gasteiger partial charge in [-0.1, -0.05) is 6.07 Å². The molecular weight excluding hydrogens is 172 g/mol. The summed E-state index contributed by atoms with van der Waals surface area (Å²) in [6, 6.07) is 10.6. The molecule has 0 amide bonds. The van der Waals surface area contributed by atoms with Gasteiger partial charge in [0.15, 0.2) is 0 Å². The largest absolute Gasteiger partial charge is 0.367 e. The van der Waals surface area contributed by atoms with Crippen LogP contribution in [0.4, 0.5) is 0 Å². The van der Waals surface area contributed by atoms with Gasteiger partial charge in [-0.2, -0.15) is 0 Å². The minimum Gasteiger partial charge on any atom is -0.367 e. The van der Waals surface area contributed by atoms with E-state index in [1.54, 1.807) is 0 Å². The Kier molecular flexibility index (Phi) is 1.47. The summed E-state index contributed by atoms with van der Waals surface area (Å²) in [5.41, 5.74) is 3.66. The molecule has 2 nitrogen and oxygen atoms in total. The van der Waals surface area contributed by atoms with E-state index in [2.05, 4.69) is 40.3 Å². The first-order valence-corrected chi connectivity index (χ1v) is 4.64. The Morgan fingerprint density at radius 3 is 2.71 bits per heavy atom. The lowest BCUT2D eigenvalue weighted by Crippen LogP contribution is -1.73. The molecule has 0 atom stereocenters. The van der Waals surface area contributed by atoms with Crippen LogP contribution in [-0.2, 0) is 0 Å². The van der Waals surface area contributed by atoms with Crippen molar-refractivity contribution in [3.8, 4) is 11.1 Å². The number of hydrogen-bond donors (Lipinski definition) is 2. The maximum absolute atomic E-state index is 3.18. The highest BCUT2D eigenvalue weighted by Crippen LogP contribution is 2.23. The third kappa shape index (κ3) is 1.04. The van der Waals surface area contributed by atoms with Gasteiger partial charge in [-0.3, -0.25) is 0 Å². The van der Waals surface area contributed by atoms with E-state index < -0.39 is 0 Å². The van der Waals surface area contributed by atoms with E-state index in [9.17, 15) is 0 Å². The van der Waals surface area contributed by atoms with E-state index in [0.717, 1.165) is 0 Å². The fourth-order valence-corrected chi connectivity index (χ4v) is 1.74. The van der Waals surface area contributed by atoms with Crippen LogP contribution in [-0.4, -0.2) is 9.97 Å². The van der Waals surface area contributed by atoms with Crippen LogP contribution >= 0.6 is 0 Å². The van der Waals surface area contributed by atoms with Crippen LogP contribution in [0.2, 0.25) is 0 Å². The van der Waals surface area contributed by atoms with Gasteiger partial charge in [0.2, 0.25) is 0 Å². The van der Waals surface area contributed by atoms with E-state index in [0.29, 0.717) is 0 Å². The van der Waals surface area contributed by atoms with Crippen LogP contribution < -0.4 is 0 Å². The van der Waals surface area contributed by atoms with Crippen molar-refractivity contribution in [2.24, 2.45) is 0 Å². The number of aromatic amines is 2. The monoisotopic (exact) mass is 182 g/mol. The summed E-state index contributed by atoms with van der Waals surface area (Å²) in [7, 11) is 0. The molecule has 68 valence electrons. The topological polar surface area (TPSA) is 31.6 Å². The number of rotatable bonds is 1. The number of aromatic nitrogens is 2. The predicted molar refractivity (Wildman–Crippen MR) is 58.1 cm³/mol. The molecule has 1 aromatic carbocycles. The fraction of sp³-hybridized carbons (Fsp3) is 0. The normalized spacial score (nSPS) is 10.9. The van der Waals surface area contributed by atoms with Gasteiger partial charge < -0.3 is 9.97 Å². The molecule has 0 saturated heterocycles. The third-order valence-corrected chi connectivity index (χ3v) is 2.48. The summed E-state index contributed by atoms with van der Waals surface area (Å²) in [4.78, 5) is 6.25. The summed E-state index contributed by atoms with van der Waals surface area (Å²) in [6.45, 7) is 0. The lowest BCUT2D eigenvalue weighted by atomic mass is 10.1. The lowest BCUT2D eigenvalue weighted by Gasteiger charge is -1.97. The van der Waals surface area contributed by atoms with E-state index >= 15 is 0 Å². The predicted octanol–water partition coefficient (Wildman–Crippen LogP) is 3.16. The van der Waals surface area contributed by atoms with Crippen molar-refractivity contribution >= 4 is 10.9 Å². The van der Waals surface area contributed by atoms with Gasteiger partial charge in [-0.25, -0.2) is 0 Å². The smallest absolute Gasteiger partial charge is 0.0454 e. The van der Waals surface area contributed by atoms with Crippen molar-refractivity contribution in [2.75, 3.05) is 0 Å². The summed E-state index contributed by atoms with van der Waals surface area (Å²) >= 11 is 0. The molecule has 0 bridgehead atoms. The standard InChI is InChI=1S/C12H10N2/c1-2-12-10(4-6-14-12)7-9(1)11-3-5-13-8-11/h1-8,13-14H. The molecule has 2 heterocycles. The Morgan fingerprint density at radius 1 is 0.857 bits per heavy atom. The Bertz CT molecular complexity index is 546. The quantitative estimate of drug-likeness (QED) is 0.579. The van der Waals surface area contributed by atoms with Crippen molar-refractivity contribution in [3.63, 3.8) is 0 Å². The molecule has 14 heavy (non-hydrogen) atoms. The molecule has 0 spiro atoms. The molecule has 2 heteroatoms. The molecule has 0 saturated carbocycles. The van der Waals surface area contributed by atoms with Crippen molar-refractivity contribution in [3.05, 3.63) is 48.9 Å². The SMILES string of the molecule is c1cc(-c2ccc3[nH]ccc3c2)c[nH]1. The zero-order valence-electron chi connectivity index (χ0n) is 7.62. The number of hydrogen-bond acceptors (Lipinski definition) is 0. The first kappa shape index (κ1) is 7.44. The Balaban J connectivity index is 2.23. The lowest BCUT2D eigenvalue weighted by molar-refractivity contribution is 1.41. The van der Waals surface area contributed by atoms with Gasteiger partial charge in [-0.15, -0.1) is 0 Å². The van der Waals surface area contributed by atoms with Crippen molar-refractivity contribution in [1.82, 2.24) is 9.97 Å². The molecule has 0 aliphatic heterocycles. The second-order valence-electron chi connectivity index (χ2n) is 3.38. The highest BCUT2D eigenvalue weighted by Gasteiger charge is 1.99. The van der Waals surface area contributed by atoms with Crippen molar-refractivity contribution in [1.29, 1.82) is 0 Å².